The monoisotopic (exact) mass is 202 g/mol. The van der Waals surface area contributed by atoms with Gasteiger partial charge in [-0.15, -0.1) is 0 Å². The van der Waals surface area contributed by atoms with Crippen molar-refractivity contribution in [2.45, 2.75) is 26.2 Å². The predicted molar refractivity (Wildman–Crippen MR) is 58.5 cm³/mol. The highest BCUT2D eigenvalue weighted by molar-refractivity contribution is 5.90. The Morgan fingerprint density at radius 3 is 2.93 bits per heavy atom. The predicted octanol–water partition coefficient (Wildman–Crippen LogP) is 3.22. The van der Waals surface area contributed by atoms with Gasteiger partial charge in [0.05, 0.1) is 5.56 Å². The molecule has 0 amide bonds. The molecule has 15 heavy (non-hydrogen) atoms. The maximum atomic E-state index is 11.7. The lowest BCUT2D eigenvalue weighted by atomic mass is 10.1. The van der Waals surface area contributed by atoms with E-state index < -0.39 is 0 Å². The smallest absolute Gasteiger partial charge is 0.343 e. The second-order valence-electron chi connectivity index (χ2n) is 3.82. The van der Waals surface area contributed by atoms with Crippen LogP contribution in [0.1, 0.15) is 35.2 Å². The normalized spacial score (nSPS) is 14.9. The zero-order valence-electron chi connectivity index (χ0n) is 8.82. The maximum absolute atomic E-state index is 11.7. The van der Waals surface area contributed by atoms with Gasteiger partial charge in [-0.3, -0.25) is 0 Å². The molecule has 0 aliphatic heterocycles. The summed E-state index contributed by atoms with van der Waals surface area (Å²) in [7, 11) is 0. The molecule has 0 unspecified atom stereocenters. The number of benzene rings is 1. The summed E-state index contributed by atoms with van der Waals surface area (Å²) in [5.74, 6) is 0.577. The van der Waals surface area contributed by atoms with Gasteiger partial charge in [0.15, 0.2) is 0 Å². The second kappa shape index (κ2) is 4.30. The molecule has 0 saturated carbocycles. The van der Waals surface area contributed by atoms with Gasteiger partial charge < -0.3 is 4.74 Å². The van der Waals surface area contributed by atoms with Gasteiger partial charge in [-0.1, -0.05) is 17.7 Å². The van der Waals surface area contributed by atoms with Gasteiger partial charge in [-0.05, 0) is 38.0 Å². The van der Waals surface area contributed by atoms with E-state index in [0.717, 1.165) is 30.6 Å². The molecule has 0 spiro atoms. The number of carbonyl (C=O) groups is 1. The highest BCUT2D eigenvalue weighted by Crippen LogP contribution is 2.20. The molecule has 0 saturated heterocycles. The van der Waals surface area contributed by atoms with Gasteiger partial charge in [-0.25, -0.2) is 4.79 Å². The average Bonchev–Trinajstić information content (AvgIpc) is 2.70. The Hall–Kier alpha value is -1.57. The van der Waals surface area contributed by atoms with Crippen LogP contribution in [0.4, 0.5) is 0 Å². The van der Waals surface area contributed by atoms with Crippen LogP contribution in [0.5, 0.6) is 0 Å². The first-order valence-corrected chi connectivity index (χ1v) is 5.23. The molecule has 1 aromatic rings. The number of esters is 1. The Kier molecular flexibility index (Phi) is 2.86. The lowest BCUT2D eigenvalue weighted by molar-refractivity contribution is 0.0618. The SMILES string of the molecule is Cc1cccc(C(=O)OC2=CCCC2)c1. The van der Waals surface area contributed by atoms with Crippen molar-refractivity contribution in [2.24, 2.45) is 0 Å². The number of allylic oxidation sites excluding steroid dienone is 2. The summed E-state index contributed by atoms with van der Waals surface area (Å²) in [5, 5.41) is 0. The van der Waals surface area contributed by atoms with Gasteiger partial charge in [0.2, 0.25) is 0 Å². The quantitative estimate of drug-likeness (QED) is 0.688. The van der Waals surface area contributed by atoms with E-state index in [4.69, 9.17) is 4.74 Å². The molecule has 2 rings (SSSR count). The van der Waals surface area contributed by atoms with Crippen molar-refractivity contribution in [3.05, 3.63) is 47.2 Å². The second-order valence-corrected chi connectivity index (χ2v) is 3.82. The van der Waals surface area contributed by atoms with Crippen LogP contribution in [0, 0.1) is 6.92 Å². The lowest BCUT2D eigenvalue weighted by Crippen LogP contribution is -2.04. The molecule has 0 N–H and O–H groups in total. The van der Waals surface area contributed by atoms with Crippen molar-refractivity contribution >= 4 is 5.97 Å². The van der Waals surface area contributed by atoms with Crippen molar-refractivity contribution in [3.63, 3.8) is 0 Å². The van der Waals surface area contributed by atoms with Crippen molar-refractivity contribution in [3.8, 4) is 0 Å². The number of ether oxygens (including phenoxy) is 1. The van der Waals surface area contributed by atoms with E-state index in [1.165, 1.54) is 0 Å². The summed E-state index contributed by atoms with van der Waals surface area (Å²) in [6.07, 6.45) is 5.00. The third-order valence-electron chi connectivity index (χ3n) is 2.48. The lowest BCUT2D eigenvalue weighted by Gasteiger charge is -2.04. The van der Waals surface area contributed by atoms with E-state index >= 15 is 0 Å². The summed E-state index contributed by atoms with van der Waals surface area (Å²) < 4.78 is 5.27. The van der Waals surface area contributed by atoms with Crippen LogP contribution >= 0.6 is 0 Å². The summed E-state index contributed by atoms with van der Waals surface area (Å²) in [6.45, 7) is 1.96. The average molecular weight is 202 g/mol. The molecule has 0 radical (unpaired) electrons. The standard InChI is InChI=1S/C13H14O2/c1-10-5-4-6-11(9-10)13(14)15-12-7-2-3-8-12/h4-7,9H,2-3,8H2,1H3. The number of rotatable bonds is 2. The molecule has 0 aromatic heterocycles. The Labute approximate surface area is 89.6 Å². The summed E-state index contributed by atoms with van der Waals surface area (Å²) in [5.41, 5.74) is 1.70. The molecule has 1 aliphatic carbocycles. The van der Waals surface area contributed by atoms with E-state index in [1.54, 1.807) is 6.07 Å². The zero-order chi connectivity index (χ0) is 10.7. The fourth-order valence-corrected chi connectivity index (χ4v) is 1.68. The van der Waals surface area contributed by atoms with Crippen LogP contribution < -0.4 is 0 Å². The summed E-state index contributed by atoms with van der Waals surface area (Å²) in [4.78, 5) is 11.7. The fraction of sp³-hybridized carbons (Fsp3) is 0.308. The topological polar surface area (TPSA) is 26.3 Å². The van der Waals surface area contributed by atoms with Crippen LogP contribution in [0.25, 0.3) is 0 Å². The van der Waals surface area contributed by atoms with Crippen LogP contribution in [0.2, 0.25) is 0 Å². The molecule has 0 heterocycles. The highest BCUT2D eigenvalue weighted by atomic mass is 16.5. The third-order valence-corrected chi connectivity index (χ3v) is 2.48. The van der Waals surface area contributed by atoms with Crippen molar-refractivity contribution < 1.29 is 9.53 Å². The Morgan fingerprint density at radius 2 is 2.27 bits per heavy atom. The Bertz CT molecular complexity index is 405. The van der Waals surface area contributed by atoms with Crippen molar-refractivity contribution in [1.82, 2.24) is 0 Å². The van der Waals surface area contributed by atoms with Crippen LogP contribution in [-0.4, -0.2) is 5.97 Å². The molecular weight excluding hydrogens is 188 g/mol. The minimum atomic E-state index is -0.244. The molecule has 78 valence electrons. The molecule has 1 aliphatic rings. The largest absolute Gasteiger partial charge is 0.428 e. The van der Waals surface area contributed by atoms with E-state index in [-0.39, 0.29) is 5.97 Å². The molecule has 2 nitrogen and oxygen atoms in total. The summed E-state index contributed by atoms with van der Waals surface area (Å²) in [6, 6.07) is 7.46. The van der Waals surface area contributed by atoms with Crippen LogP contribution in [0.15, 0.2) is 36.1 Å². The molecule has 1 aromatic carbocycles. The van der Waals surface area contributed by atoms with E-state index in [9.17, 15) is 4.79 Å². The maximum Gasteiger partial charge on any atom is 0.343 e. The molecule has 2 heteroatoms. The van der Waals surface area contributed by atoms with E-state index in [2.05, 4.69) is 0 Å². The molecular formula is C13H14O2. The van der Waals surface area contributed by atoms with Gasteiger partial charge in [0.25, 0.3) is 0 Å². The molecule has 0 atom stereocenters. The number of aryl methyl sites for hydroxylation is 1. The Balaban J connectivity index is 2.07. The number of carbonyl (C=O) groups excluding carboxylic acids is 1. The van der Waals surface area contributed by atoms with Crippen LogP contribution in [0.3, 0.4) is 0 Å². The first kappa shape index (κ1) is 9.97. The third kappa shape index (κ3) is 2.46. The van der Waals surface area contributed by atoms with Crippen LogP contribution in [-0.2, 0) is 4.74 Å². The van der Waals surface area contributed by atoms with E-state index in [0.29, 0.717) is 5.56 Å². The minimum Gasteiger partial charge on any atom is -0.428 e. The highest BCUT2D eigenvalue weighted by Gasteiger charge is 2.12. The Morgan fingerprint density at radius 1 is 1.40 bits per heavy atom. The van der Waals surface area contributed by atoms with Crippen molar-refractivity contribution in [2.75, 3.05) is 0 Å². The van der Waals surface area contributed by atoms with Gasteiger partial charge in [0.1, 0.15) is 5.76 Å². The summed E-state index contributed by atoms with van der Waals surface area (Å²) >= 11 is 0. The van der Waals surface area contributed by atoms with E-state index in [1.807, 2.05) is 31.2 Å². The van der Waals surface area contributed by atoms with Gasteiger partial charge in [0, 0.05) is 6.42 Å². The molecule has 0 bridgehead atoms. The zero-order valence-corrected chi connectivity index (χ0v) is 8.82. The van der Waals surface area contributed by atoms with Gasteiger partial charge in [-0.2, -0.15) is 0 Å². The minimum absolute atomic E-state index is 0.244. The van der Waals surface area contributed by atoms with Crippen molar-refractivity contribution in [1.29, 1.82) is 0 Å². The van der Waals surface area contributed by atoms with Gasteiger partial charge >= 0.3 is 5.97 Å². The first-order chi connectivity index (χ1) is 7.25. The number of hydrogen-bond acceptors (Lipinski definition) is 2. The number of hydrogen-bond donors (Lipinski definition) is 0. The fourth-order valence-electron chi connectivity index (χ4n) is 1.68. The first-order valence-electron chi connectivity index (χ1n) is 5.23. The molecule has 0 fully saturated rings.